The molecule has 1 saturated carbocycles. The van der Waals surface area contributed by atoms with Gasteiger partial charge in [-0.15, -0.1) is 0 Å². The summed E-state index contributed by atoms with van der Waals surface area (Å²) in [5.74, 6) is 1.30. The fraction of sp³-hybridized carbons (Fsp3) is 1.00. The minimum absolute atomic E-state index is 0.192. The van der Waals surface area contributed by atoms with Gasteiger partial charge in [0.05, 0.1) is 25.4 Å². The first-order valence-electron chi connectivity index (χ1n) is 6.49. The molecule has 1 aliphatic rings. The van der Waals surface area contributed by atoms with Crippen molar-refractivity contribution in [1.29, 1.82) is 0 Å². The zero-order valence-electron chi connectivity index (χ0n) is 11.1. The lowest BCUT2D eigenvalue weighted by molar-refractivity contribution is -0.0580. The molecular formula is C13H27NO2. The van der Waals surface area contributed by atoms with Crippen LogP contribution in [0.15, 0.2) is 0 Å². The normalized spacial score (nSPS) is 35.6. The third-order valence-corrected chi connectivity index (χ3v) is 3.28. The molecular weight excluding hydrogens is 202 g/mol. The van der Waals surface area contributed by atoms with E-state index in [2.05, 4.69) is 13.8 Å². The number of hydrogen-bond acceptors (Lipinski definition) is 3. The first kappa shape index (κ1) is 13.9. The van der Waals surface area contributed by atoms with Crippen LogP contribution >= 0.6 is 0 Å². The van der Waals surface area contributed by atoms with Gasteiger partial charge in [0.1, 0.15) is 0 Å². The lowest BCUT2D eigenvalue weighted by atomic mass is 9.78. The molecule has 0 spiro atoms. The molecule has 0 aromatic heterocycles. The second-order valence-corrected chi connectivity index (χ2v) is 5.47. The minimum Gasteiger partial charge on any atom is -0.376 e. The lowest BCUT2D eigenvalue weighted by Gasteiger charge is -2.37. The second-order valence-electron chi connectivity index (χ2n) is 5.47. The molecule has 16 heavy (non-hydrogen) atoms. The van der Waals surface area contributed by atoms with Gasteiger partial charge in [-0.3, -0.25) is 0 Å². The molecule has 0 saturated heterocycles. The summed E-state index contributed by atoms with van der Waals surface area (Å²) in [5.41, 5.74) is 6.14. The molecule has 0 bridgehead atoms. The largest absolute Gasteiger partial charge is 0.376 e. The van der Waals surface area contributed by atoms with Crippen LogP contribution in [0, 0.1) is 11.8 Å². The maximum absolute atomic E-state index is 6.14. The van der Waals surface area contributed by atoms with Gasteiger partial charge in [0, 0.05) is 6.04 Å². The van der Waals surface area contributed by atoms with Gasteiger partial charge in [0.2, 0.25) is 0 Å². The average molecular weight is 229 g/mol. The first-order chi connectivity index (χ1) is 7.50. The number of rotatable bonds is 5. The van der Waals surface area contributed by atoms with Crippen LogP contribution in [0.25, 0.3) is 0 Å². The highest BCUT2D eigenvalue weighted by Gasteiger charge is 2.32. The smallest absolute Gasteiger partial charge is 0.0752 e. The molecule has 0 aromatic rings. The molecule has 4 atom stereocenters. The maximum atomic E-state index is 6.14. The molecule has 4 unspecified atom stereocenters. The molecule has 1 aliphatic carbocycles. The summed E-state index contributed by atoms with van der Waals surface area (Å²) < 4.78 is 11.3. The van der Waals surface area contributed by atoms with E-state index in [0.717, 1.165) is 12.3 Å². The van der Waals surface area contributed by atoms with E-state index in [1.165, 1.54) is 6.42 Å². The zero-order chi connectivity index (χ0) is 12.1. The number of ether oxygens (including phenoxy) is 2. The predicted octanol–water partition coefficient (Wildman–Crippen LogP) is 2.19. The van der Waals surface area contributed by atoms with Crippen molar-refractivity contribution >= 4 is 0 Å². The highest BCUT2D eigenvalue weighted by molar-refractivity contribution is 4.86. The maximum Gasteiger partial charge on any atom is 0.0752 e. The van der Waals surface area contributed by atoms with Crippen LogP contribution < -0.4 is 5.73 Å². The molecule has 3 nitrogen and oxygen atoms in total. The van der Waals surface area contributed by atoms with E-state index in [0.29, 0.717) is 19.1 Å². The molecule has 0 radical (unpaired) electrons. The molecule has 96 valence electrons. The Bertz CT molecular complexity index is 184. The van der Waals surface area contributed by atoms with E-state index >= 15 is 0 Å². The fourth-order valence-corrected chi connectivity index (χ4v) is 2.64. The third-order valence-electron chi connectivity index (χ3n) is 3.28. The Kier molecular flexibility index (Phi) is 5.73. The summed E-state index contributed by atoms with van der Waals surface area (Å²) in [6.45, 7) is 9.92. The van der Waals surface area contributed by atoms with Crippen molar-refractivity contribution < 1.29 is 9.47 Å². The lowest BCUT2D eigenvalue weighted by Crippen LogP contribution is -2.46. The number of nitrogens with two attached hydrogens (primary N) is 1. The molecule has 0 aromatic carbocycles. The van der Waals surface area contributed by atoms with Gasteiger partial charge in [-0.05, 0) is 38.5 Å². The van der Waals surface area contributed by atoms with Crippen molar-refractivity contribution in [2.75, 3.05) is 13.2 Å². The Morgan fingerprint density at radius 1 is 1.19 bits per heavy atom. The molecule has 2 N–H and O–H groups in total. The van der Waals surface area contributed by atoms with E-state index in [-0.39, 0.29) is 18.2 Å². The Morgan fingerprint density at radius 2 is 1.88 bits per heavy atom. The molecule has 0 amide bonds. The Morgan fingerprint density at radius 3 is 2.44 bits per heavy atom. The van der Waals surface area contributed by atoms with E-state index in [1.54, 1.807) is 0 Å². The molecule has 1 rings (SSSR count). The number of hydrogen-bond donors (Lipinski definition) is 1. The van der Waals surface area contributed by atoms with Gasteiger partial charge in [0.15, 0.2) is 0 Å². The monoisotopic (exact) mass is 229 g/mol. The van der Waals surface area contributed by atoms with Crippen molar-refractivity contribution in [3.05, 3.63) is 0 Å². The van der Waals surface area contributed by atoms with Crippen molar-refractivity contribution in [3.8, 4) is 0 Å². The summed E-state index contributed by atoms with van der Waals surface area (Å²) >= 11 is 0. The van der Waals surface area contributed by atoms with Gasteiger partial charge < -0.3 is 15.2 Å². The topological polar surface area (TPSA) is 44.5 Å². The van der Waals surface area contributed by atoms with Gasteiger partial charge in [-0.2, -0.15) is 0 Å². The summed E-state index contributed by atoms with van der Waals surface area (Å²) in [7, 11) is 0. The summed E-state index contributed by atoms with van der Waals surface area (Å²) in [6, 6.07) is 0.192. The quantitative estimate of drug-likeness (QED) is 0.735. The highest BCUT2D eigenvalue weighted by atomic mass is 16.5. The average Bonchev–Trinajstić information content (AvgIpc) is 2.14. The van der Waals surface area contributed by atoms with Gasteiger partial charge in [-0.25, -0.2) is 0 Å². The van der Waals surface area contributed by atoms with Crippen LogP contribution in [0.3, 0.4) is 0 Å². The van der Waals surface area contributed by atoms with Crippen LogP contribution in [-0.4, -0.2) is 31.5 Å². The Hall–Kier alpha value is -0.120. The van der Waals surface area contributed by atoms with Crippen LogP contribution in [-0.2, 0) is 9.47 Å². The summed E-state index contributed by atoms with van der Waals surface area (Å²) in [5, 5.41) is 0. The SMILES string of the molecule is CC1CC(C)C(OCCOC(C)C)C(N)C1. The van der Waals surface area contributed by atoms with Gasteiger partial charge in [-0.1, -0.05) is 13.8 Å². The predicted molar refractivity (Wildman–Crippen MR) is 66.4 cm³/mol. The molecule has 0 aliphatic heterocycles. The molecule has 3 heteroatoms. The summed E-state index contributed by atoms with van der Waals surface area (Å²) in [4.78, 5) is 0. The fourth-order valence-electron chi connectivity index (χ4n) is 2.64. The van der Waals surface area contributed by atoms with E-state index in [4.69, 9.17) is 15.2 Å². The van der Waals surface area contributed by atoms with Crippen molar-refractivity contribution in [2.45, 2.75) is 58.8 Å². The molecule has 0 heterocycles. The van der Waals surface area contributed by atoms with E-state index in [1.807, 2.05) is 13.8 Å². The summed E-state index contributed by atoms with van der Waals surface area (Å²) in [6.07, 6.45) is 2.80. The van der Waals surface area contributed by atoms with Gasteiger partial charge >= 0.3 is 0 Å². The zero-order valence-corrected chi connectivity index (χ0v) is 11.1. The van der Waals surface area contributed by atoms with Gasteiger partial charge in [0.25, 0.3) is 0 Å². The van der Waals surface area contributed by atoms with E-state index < -0.39 is 0 Å². The second kappa shape index (κ2) is 6.58. The van der Waals surface area contributed by atoms with Crippen LogP contribution in [0.5, 0.6) is 0 Å². The minimum atomic E-state index is 0.192. The van der Waals surface area contributed by atoms with Crippen LogP contribution in [0.1, 0.15) is 40.5 Å². The van der Waals surface area contributed by atoms with Crippen molar-refractivity contribution in [1.82, 2.24) is 0 Å². The molecule has 1 fully saturated rings. The Balaban J connectivity index is 2.24. The Labute approximate surface area is 99.7 Å². The third kappa shape index (κ3) is 4.40. The standard InChI is InChI=1S/C13H27NO2/c1-9(2)15-5-6-16-13-11(4)7-10(3)8-12(13)14/h9-13H,5-8,14H2,1-4H3. The van der Waals surface area contributed by atoms with Crippen LogP contribution in [0.2, 0.25) is 0 Å². The van der Waals surface area contributed by atoms with Crippen molar-refractivity contribution in [3.63, 3.8) is 0 Å². The van der Waals surface area contributed by atoms with Crippen LogP contribution in [0.4, 0.5) is 0 Å². The highest BCUT2D eigenvalue weighted by Crippen LogP contribution is 2.29. The van der Waals surface area contributed by atoms with E-state index in [9.17, 15) is 0 Å². The van der Waals surface area contributed by atoms with Crippen molar-refractivity contribution in [2.24, 2.45) is 17.6 Å². The first-order valence-corrected chi connectivity index (χ1v) is 6.49.